The van der Waals surface area contributed by atoms with E-state index in [-0.39, 0.29) is 6.61 Å². The van der Waals surface area contributed by atoms with Crippen molar-refractivity contribution in [1.29, 1.82) is 0 Å². The summed E-state index contributed by atoms with van der Waals surface area (Å²) in [6.07, 6.45) is 1.57. The number of anilines is 1. The molecule has 0 aliphatic heterocycles. The van der Waals surface area contributed by atoms with Crippen LogP contribution >= 0.6 is 0 Å². The Kier molecular flexibility index (Phi) is 5.24. The lowest BCUT2D eigenvalue weighted by molar-refractivity contribution is 0.0988. The summed E-state index contributed by atoms with van der Waals surface area (Å²) >= 11 is 0. The van der Waals surface area contributed by atoms with E-state index < -0.39 is 5.91 Å². The van der Waals surface area contributed by atoms with Gasteiger partial charge in [-0.1, -0.05) is 0 Å². The van der Waals surface area contributed by atoms with Crippen molar-refractivity contribution >= 4 is 11.7 Å². The zero-order valence-electron chi connectivity index (χ0n) is 8.85. The Morgan fingerprint density at radius 1 is 1.56 bits per heavy atom. The van der Waals surface area contributed by atoms with Crippen LogP contribution in [0.5, 0.6) is 0 Å². The van der Waals surface area contributed by atoms with Crippen LogP contribution in [0.1, 0.15) is 10.4 Å². The number of carbonyl (C=O) groups excluding carboxylic acids is 1. The number of pyridine rings is 1. The van der Waals surface area contributed by atoms with Crippen molar-refractivity contribution in [2.24, 2.45) is 5.73 Å². The predicted octanol–water partition coefficient (Wildman–Crippen LogP) is -0.399. The molecule has 0 unspecified atom stereocenters. The number of aliphatic hydroxyl groups excluding tert-OH is 1. The summed E-state index contributed by atoms with van der Waals surface area (Å²) in [5.74, 6) is -0.0746. The summed E-state index contributed by atoms with van der Waals surface area (Å²) in [5, 5.41) is 11.4. The number of aliphatic hydroxyl groups is 1. The first kappa shape index (κ1) is 12.4. The van der Waals surface area contributed by atoms with Crippen LogP contribution < -0.4 is 11.1 Å². The number of nitrogens with zero attached hydrogens (tertiary/aromatic N) is 1. The summed E-state index contributed by atoms with van der Waals surface area (Å²) in [7, 11) is 0. The van der Waals surface area contributed by atoms with Crippen molar-refractivity contribution in [1.82, 2.24) is 4.98 Å². The summed E-state index contributed by atoms with van der Waals surface area (Å²) in [6.45, 7) is 1.22. The van der Waals surface area contributed by atoms with Crippen molar-refractivity contribution in [3.05, 3.63) is 23.9 Å². The molecule has 1 amide bonds. The van der Waals surface area contributed by atoms with Gasteiger partial charge in [0.25, 0.3) is 5.91 Å². The molecule has 0 radical (unpaired) electrons. The number of aromatic nitrogens is 1. The molecule has 1 aromatic heterocycles. The smallest absolute Gasteiger partial charge is 0.252 e. The third-order valence-corrected chi connectivity index (χ3v) is 1.85. The molecule has 16 heavy (non-hydrogen) atoms. The number of rotatable bonds is 7. The van der Waals surface area contributed by atoms with Crippen LogP contribution in [0.4, 0.5) is 5.82 Å². The van der Waals surface area contributed by atoms with E-state index >= 15 is 0 Å². The van der Waals surface area contributed by atoms with Gasteiger partial charge in [-0.25, -0.2) is 4.98 Å². The average Bonchev–Trinajstić information content (AvgIpc) is 2.29. The molecular formula is C10H15N3O3. The number of ether oxygens (including phenoxy) is 1. The molecule has 0 fully saturated rings. The Labute approximate surface area is 93.4 Å². The molecule has 1 heterocycles. The van der Waals surface area contributed by atoms with E-state index in [1.807, 2.05) is 0 Å². The maximum Gasteiger partial charge on any atom is 0.252 e. The minimum Gasteiger partial charge on any atom is -0.394 e. The standard InChI is InChI=1S/C10H15N3O3/c11-9(15)8-2-1-3-12-10(8)13-4-6-16-7-5-14/h1-3,14H,4-7H2,(H2,11,15)(H,12,13). The van der Waals surface area contributed by atoms with E-state index in [2.05, 4.69) is 10.3 Å². The molecule has 0 aliphatic carbocycles. The van der Waals surface area contributed by atoms with Crippen LogP contribution in [0, 0.1) is 0 Å². The Morgan fingerprint density at radius 3 is 3.06 bits per heavy atom. The fourth-order valence-electron chi connectivity index (χ4n) is 1.15. The highest BCUT2D eigenvalue weighted by molar-refractivity contribution is 5.97. The maximum absolute atomic E-state index is 11.0. The maximum atomic E-state index is 11.0. The fourth-order valence-corrected chi connectivity index (χ4v) is 1.15. The first-order chi connectivity index (χ1) is 7.75. The van der Waals surface area contributed by atoms with Gasteiger partial charge in [0.2, 0.25) is 0 Å². The zero-order valence-corrected chi connectivity index (χ0v) is 8.85. The second-order valence-electron chi connectivity index (χ2n) is 3.03. The summed E-state index contributed by atoms with van der Waals surface area (Å²) < 4.78 is 5.05. The van der Waals surface area contributed by atoms with E-state index in [4.69, 9.17) is 15.6 Å². The molecule has 1 rings (SSSR count). The SMILES string of the molecule is NC(=O)c1cccnc1NCCOCCO. The number of carbonyl (C=O) groups is 1. The van der Waals surface area contributed by atoms with Gasteiger partial charge in [0.05, 0.1) is 25.4 Å². The highest BCUT2D eigenvalue weighted by atomic mass is 16.5. The quantitative estimate of drug-likeness (QED) is 0.549. The van der Waals surface area contributed by atoms with E-state index in [9.17, 15) is 4.79 Å². The van der Waals surface area contributed by atoms with Crippen molar-refractivity contribution in [2.75, 3.05) is 31.7 Å². The first-order valence-electron chi connectivity index (χ1n) is 4.93. The number of hydrogen-bond donors (Lipinski definition) is 3. The number of nitrogens with two attached hydrogens (primary N) is 1. The first-order valence-corrected chi connectivity index (χ1v) is 4.93. The Bertz CT molecular complexity index is 344. The molecule has 0 aliphatic rings. The lowest BCUT2D eigenvalue weighted by Gasteiger charge is -2.08. The molecule has 1 aromatic rings. The molecule has 0 spiro atoms. The van der Waals surface area contributed by atoms with Crippen LogP contribution in [0.3, 0.4) is 0 Å². The predicted molar refractivity (Wildman–Crippen MR) is 59.1 cm³/mol. The van der Waals surface area contributed by atoms with Gasteiger partial charge < -0.3 is 20.9 Å². The van der Waals surface area contributed by atoms with Crippen LogP contribution in [0.15, 0.2) is 18.3 Å². The molecule has 0 bridgehead atoms. The van der Waals surface area contributed by atoms with E-state index in [1.165, 1.54) is 0 Å². The Hall–Kier alpha value is -1.66. The molecule has 6 heteroatoms. The van der Waals surface area contributed by atoms with E-state index in [0.29, 0.717) is 31.1 Å². The highest BCUT2D eigenvalue weighted by Crippen LogP contribution is 2.09. The second-order valence-corrected chi connectivity index (χ2v) is 3.03. The number of amides is 1. The number of nitrogens with one attached hydrogen (secondary N) is 1. The molecule has 6 nitrogen and oxygen atoms in total. The molecule has 0 atom stereocenters. The minimum atomic E-state index is -0.521. The zero-order chi connectivity index (χ0) is 11.8. The van der Waals surface area contributed by atoms with Crippen molar-refractivity contribution in [2.45, 2.75) is 0 Å². The molecule has 0 aromatic carbocycles. The van der Waals surface area contributed by atoms with Gasteiger partial charge in [0.1, 0.15) is 5.82 Å². The Morgan fingerprint density at radius 2 is 2.38 bits per heavy atom. The van der Waals surface area contributed by atoms with Crippen molar-refractivity contribution in [3.8, 4) is 0 Å². The van der Waals surface area contributed by atoms with Crippen LogP contribution in [-0.4, -0.2) is 42.4 Å². The summed E-state index contributed by atoms with van der Waals surface area (Å²) in [5.41, 5.74) is 5.53. The second kappa shape index (κ2) is 6.76. The van der Waals surface area contributed by atoms with Crippen LogP contribution in [-0.2, 0) is 4.74 Å². The molecular weight excluding hydrogens is 210 g/mol. The molecule has 0 saturated carbocycles. The average molecular weight is 225 g/mol. The lowest BCUT2D eigenvalue weighted by atomic mass is 10.2. The van der Waals surface area contributed by atoms with Gasteiger partial charge in [-0.3, -0.25) is 4.79 Å². The Balaban J connectivity index is 2.44. The normalized spacial score (nSPS) is 10.1. The van der Waals surface area contributed by atoms with Gasteiger partial charge in [0, 0.05) is 12.7 Å². The molecule has 4 N–H and O–H groups in total. The van der Waals surface area contributed by atoms with Gasteiger partial charge in [-0.15, -0.1) is 0 Å². The molecule has 0 saturated heterocycles. The van der Waals surface area contributed by atoms with Crippen LogP contribution in [0.2, 0.25) is 0 Å². The van der Waals surface area contributed by atoms with Gasteiger partial charge >= 0.3 is 0 Å². The van der Waals surface area contributed by atoms with Crippen molar-refractivity contribution < 1.29 is 14.6 Å². The summed E-state index contributed by atoms with van der Waals surface area (Å²) in [6, 6.07) is 3.25. The van der Waals surface area contributed by atoms with E-state index in [0.717, 1.165) is 0 Å². The third-order valence-electron chi connectivity index (χ3n) is 1.85. The summed E-state index contributed by atoms with van der Waals surface area (Å²) in [4.78, 5) is 15.0. The van der Waals surface area contributed by atoms with E-state index in [1.54, 1.807) is 18.3 Å². The minimum absolute atomic E-state index is 0.00385. The number of hydrogen-bond acceptors (Lipinski definition) is 5. The van der Waals surface area contributed by atoms with Gasteiger partial charge in [-0.2, -0.15) is 0 Å². The van der Waals surface area contributed by atoms with Crippen LogP contribution in [0.25, 0.3) is 0 Å². The fraction of sp³-hybridized carbons (Fsp3) is 0.400. The van der Waals surface area contributed by atoms with Crippen molar-refractivity contribution in [3.63, 3.8) is 0 Å². The topological polar surface area (TPSA) is 97.5 Å². The third kappa shape index (κ3) is 3.84. The lowest BCUT2D eigenvalue weighted by Crippen LogP contribution is -2.18. The van der Waals surface area contributed by atoms with Gasteiger partial charge in [-0.05, 0) is 12.1 Å². The largest absolute Gasteiger partial charge is 0.394 e. The monoisotopic (exact) mass is 225 g/mol. The molecule has 88 valence electrons. The number of primary amides is 1. The highest BCUT2D eigenvalue weighted by Gasteiger charge is 2.07. The van der Waals surface area contributed by atoms with Gasteiger partial charge in [0.15, 0.2) is 0 Å².